The molecule has 4 aromatic heterocycles. The van der Waals surface area contributed by atoms with E-state index in [9.17, 15) is 69.9 Å². The van der Waals surface area contributed by atoms with Gasteiger partial charge in [0.1, 0.15) is 35.9 Å². The summed E-state index contributed by atoms with van der Waals surface area (Å²) in [6, 6.07) is 44.2. The molecular weight excluding hydrogens is 1780 g/mol. The number of carbonyl (C=O) groups excluding carboxylic acids is 9. The van der Waals surface area contributed by atoms with Crippen molar-refractivity contribution in [3.8, 4) is 0 Å². The molecule has 4 saturated heterocycles. The minimum absolute atomic E-state index is 0. The molecule has 0 spiro atoms. The van der Waals surface area contributed by atoms with Crippen LogP contribution in [0.25, 0.3) is 5.90 Å². The predicted molar refractivity (Wildman–Crippen MR) is 501 cm³/mol. The Labute approximate surface area is 803 Å². The number of piperazine rings is 2. The second-order valence-electron chi connectivity index (χ2n) is 29.6. The first-order valence-electron chi connectivity index (χ1n) is 41.3. The minimum atomic E-state index is -1.03. The standard InChI is InChI=1S/C26H24FN5O3S.C16H12FNO2.C15H10FNO3.C14H13FN2O.C11H16N4OS.C7H6N4O.C2H6O.CH3F.3CH4.H2NO.Na/c27-19-2-4-20(5-3-19)32-22-6-1-17(13-18(22)14-23(32)33)25(34)31-15-21(16-31)29-8-10-30(11-9-29)26(35)24-28-7-12-36-24;1-10(19)11-2-7-15-12(8-11)9-16(20)18(15)14-5-3-13(17)4-6-14;16-11-2-4-12(5-3-11)17-13-6-1-9(15(19)20)7-10(13)8-14(17)18;1-9(18)10-2-7-14(13(16)8-10)17-12-5-3-11(15)4-6-12;16-11(10-13-1-6-17-10)15-4-2-14(3-5-15)9-7-12-8-9;12-7(10-3-1-8-5-10)11-4-2-9-6-11;1-2-3;1-2;;;;1-2;/h1-7,12-13,21H,8-11,14-16H2;2-8H,9H2,1H3;1-7H,8H2,(H,19,20);2-8,17H,16H2,1H3;1,6,9,12H,2-5,7-8H2;1-6H;3H,2H2,1H3;1H3;3*1H4;1-2H;/q;;;;;;;;;;;-1;+1/i;;;;;;;1D;;;;;. The minimum Gasteiger partial charge on any atom is -0.553 e. The molecule has 700 valence electrons. The van der Waals surface area contributed by atoms with E-state index in [2.05, 4.69) is 40.4 Å². The van der Waals surface area contributed by atoms with E-state index in [1.54, 1.807) is 151 Å². The number of thiazole rings is 2. The van der Waals surface area contributed by atoms with Crippen LogP contribution >= 0.6 is 22.7 Å². The van der Waals surface area contributed by atoms with Crippen molar-refractivity contribution in [1.82, 2.24) is 58.9 Å². The summed E-state index contributed by atoms with van der Waals surface area (Å²) >= 11 is 2.78. The number of carbonyl (C=O) groups is 10. The van der Waals surface area contributed by atoms with E-state index in [-0.39, 0.29) is 166 Å². The molecule has 12 aromatic rings. The zero-order valence-corrected chi connectivity index (χ0v) is 75.2. The van der Waals surface area contributed by atoms with Gasteiger partial charge in [-0.1, -0.05) is 22.3 Å². The number of likely N-dealkylation sites (tertiary alicyclic amines) is 1. The molecule has 11 heterocycles. The molecule has 0 atom stereocenters. The number of carboxylic acid groups (broad SMARTS) is 1. The number of nitrogens with one attached hydrogen (secondary N) is 3. The Bertz CT molecular complexity index is 5760. The Hall–Kier alpha value is -13.3. The van der Waals surface area contributed by atoms with Crippen molar-refractivity contribution in [2.45, 2.75) is 74.4 Å². The third-order valence-corrected chi connectivity index (χ3v) is 22.8. The van der Waals surface area contributed by atoms with Crippen LogP contribution in [0, 0.1) is 23.3 Å². The van der Waals surface area contributed by atoms with Crippen LogP contribution in [0.3, 0.4) is 0 Å². The number of alkyl halides is 1. The van der Waals surface area contributed by atoms with Crippen LogP contribution < -0.4 is 60.6 Å². The number of anilines is 9. The van der Waals surface area contributed by atoms with Crippen LogP contribution in [-0.2, 0) is 33.6 Å². The fourth-order valence-electron chi connectivity index (χ4n) is 14.6. The number of amides is 6. The van der Waals surface area contributed by atoms with Crippen molar-refractivity contribution in [1.29, 1.82) is 0 Å². The first kappa shape index (κ1) is 106. The van der Waals surface area contributed by atoms with Gasteiger partial charge in [0.25, 0.3) is 17.7 Å². The van der Waals surface area contributed by atoms with E-state index >= 15 is 0 Å². The van der Waals surface area contributed by atoms with Gasteiger partial charge in [-0.15, -0.1) is 22.7 Å². The molecule has 4 fully saturated rings. The number of halogens is 5. The molecule has 7 aliphatic heterocycles. The molecule has 134 heavy (non-hydrogen) atoms. The number of Topliss-reactive ketones (excluding diaryl/α,β-unsaturated/α-hetero) is 2. The molecule has 0 bridgehead atoms. The molecular formula is C95H104F5N18NaO13S2. The van der Waals surface area contributed by atoms with Crippen LogP contribution in [-0.4, -0.2) is 232 Å². The summed E-state index contributed by atoms with van der Waals surface area (Å²) in [6.45, 7) is 14.9. The van der Waals surface area contributed by atoms with Crippen LogP contribution in [0.5, 0.6) is 0 Å². The number of hydrogen-bond acceptors (Lipinski definition) is 23. The van der Waals surface area contributed by atoms with Crippen LogP contribution in [0.15, 0.2) is 230 Å². The number of aliphatic hydroxyl groups is 1. The quantitative estimate of drug-likeness (QED) is 0.0205. The molecule has 7 aliphatic rings. The van der Waals surface area contributed by atoms with Gasteiger partial charge in [-0.2, -0.15) is 0 Å². The van der Waals surface area contributed by atoms with Crippen molar-refractivity contribution in [3.63, 3.8) is 0 Å². The van der Waals surface area contributed by atoms with Crippen LogP contribution in [0.2, 0.25) is 0 Å². The SMILES string of the molecule is C.C.C.CC(=O)c1ccc(Nc2ccc(F)cc2)c(N)c1.CC(=O)c1ccc2c(c1)CC(=O)N2c1ccc(F)cc1.CCO.O=C(O)c1ccc2c(c1)CC(=O)N2c1ccc(F)cc1.O=C(c1ccc2c(c1)CC(=O)N2c1ccc(F)cc1)N1CC(N2CCN(C(=O)c3nccs3)CC2)C1.O=C(c1nccs1)N1CCN(C2CNC2)CC1.O=C(n1ccnc1)n1ccnc1.[2H]CF.[NH-]O.[Na+]. The molecule has 19 rings (SSSR count). The number of aliphatic hydroxyl groups excluding tert-OH is 1. The maximum Gasteiger partial charge on any atom is 1.00 e. The smallest absolute Gasteiger partial charge is 0.553 e. The monoisotopic (exact) mass is 1890 g/mol. The number of benzene rings is 8. The molecule has 8 aromatic carbocycles. The maximum absolute atomic E-state index is 13.3. The van der Waals surface area contributed by atoms with Gasteiger partial charge in [0.05, 0.1) is 61.8 Å². The van der Waals surface area contributed by atoms with Gasteiger partial charge in [0.2, 0.25) is 17.7 Å². The summed E-state index contributed by atoms with van der Waals surface area (Å²) in [5.41, 5.74) is 15.9. The van der Waals surface area contributed by atoms with Gasteiger partial charge in [0, 0.05) is 185 Å². The number of nitrogens with zero attached hydrogens (tertiary/aromatic N) is 14. The molecule has 0 radical (unpaired) electrons. The third kappa shape index (κ3) is 27.5. The van der Waals surface area contributed by atoms with Gasteiger partial charge in [-0.25, -0.2) is 47.1 Å². The molecule has 0 saturated carbocycles. The number of ketones is 2. The first-order valence-corrected chi connectivity index (χ1v) is 42.3. The fourth-order valence-corrected chi connectivity index (χ4v) is 15.8. The topological polar surface area (TPSA) is 393 Å². The zero-order chi connectivity index (χ0) is 94.0. The van der Waals surface area contributed by atoms with Gasteiger partial charge in [0.15, 0.2) is 21.6 Å². The number of hydrogen-bond donors (Lipinski definition) is 6. The van der Waals surface area contributed by atoms with Crippen molar-refractivity contribution < 1.29 is 116 Å². The zero-order valence-electron chi connectivity index (χ0n) is 72.6. The second kappa shape index (κ2) is 51.7. The number of nitrogens with two attached hydrogens (primary N) is 1. The summed E-state index contributed by atoms with van der Waals surface area (Å²) in [5, 5.41) is 33.9. The largest absolute Gasteiger partial charge is 1.00 e. The first-order chi connectivity index (χ1) is 63.2. The van der Waals surface area contributed by atoms with Crippen molar-refractivity contribution in [3.05, 3.63) is 309 Å². The van der Waals surface area contributed by atoms with E-state index in [1.807, 2.05) is 25.5 Å². The number of fused-ring (bicyclic) bond motifs is 3. The van der Waals surface area contributed by atoms with Crippen molar-refractivity contribution in [2.24, 2.45) is 0 Å². The van der Waals surface area contributed by atoms with E-state index in [0.29, 0.717) is 98.6 Å². The molecule has 8 N–H and O–H groups in total. The molecule has 0 unspecified atom stereocenters. The van der Waals surface area contributed by atoms with Crippen LogP contribution in [0.4, 0.5) is 77.9 Å². The maximum atomic E-state index is 13.3. The third-order valence-electron chi connectivity index (χ3n) is 21.3. The Kier molecular flexibility index (Phi) is 40.9. The van der Waals surface area contributed by atoms with E-state index in [1.165, 1.54) is 136 Å². The summed E-state index contributed by atoms with van der Waals surface area (Å²) in [4.78, 5) is 150. The normalized spacial score (nSPS) is 14.4. The van der Waals surface area contributed by atoms with Gasteiger partial charge < -0.3 is 52.4 Å². The summed E-state index contributed by atoms with van der Waals surface area (Å²) in [6.07, 6.45) is 13.1. The average Bonchev–Trinajstić information content (AvgIpc) is 1.73. The summed E-state index contributed by atoms with van der Waals surface area (Å²) in [7, 11) is -1.00. The van der Waals surface area contributed by atoms with Gasteiger partial charge in [-0.05, 0) is 207 Å². The van der Waals surface area contributed by atoms with E-state index in [0.717, 1.165) is 80.5 Å². The van der Waals surface area contributed by atoms with Gasteiger partial charge >= 0.3 is 41.6 Å². The Morgan fingerprint density at radius 3 is 1.19 bits per heavy atom. The summed E-state index contributed by atoms with van der Waals surface area (Å²) < 4.78 is 70.2. The predicted octanol–water partition coefficient (Wildman–Crippen LogP) is 12.5. The molecule has 6 amide bonds. The number of nitrogen functional groups attached to an aromatic ring is 1. The second-order valence-corrected chi connectivity index (χ2v) is 31.4. The average molecular weight is 1890 g/mol. The van der Waals surface area contributed by atoms with Crippen molar-refractivity contribution in [2.75, 3.05) is 118 Å². The Morgan fingerprint density at radius 2 is 0.851 bits per heavy atom. The number of carboxylic acids is 1. The number of aromatic nitrogens is 6. The molecule has 31 nitrogen and oxygen atoms in total. The Balaban J connectivity index is 0.000000223. The Morgan fingerprint density at radius 1 is 0.500 bits per heavy atom. The van der Waals surface area contributed by atoms with E-state index in [4.69, 9.17) is 28.4 Å². The number of imidazole rings is 2. The van der Waals surface area contributed by atoms with E-state index < -0.39 is 13.1 Å². The van der Waals surface area contributed by atoms with Crippen LogP contribution in [0.1, 0.15) is 122 Å². The fraction of sp³-hybridized carbons (Fsp3) is 0.263. The summed E-state index contributed by atoms with van der Waals surface area (Å²) in [5.74, 6) is 2.00. The number of rotatable bonds is 13. The van der Waals surface area contributed by atoms with Gasteiger partial charge in [-0.3, -0.25) is 76.4 Å². The molecule has 39 heteroatoms. The number of aromatic carboxylic acids is 1. The van der Waals surface area contributed by atoms with Crippen molar-refractivity contribution >= 4 is 133 Å². The molecule has 0 aliphatic carbocycles.